The number of rotatable bonds is 25. The van der Waals surface area contributed by atoms with Crippen molar-refractivity contribution in [2.45, 2.75) is 78.1 Å². The fourth-order valence-electron chi connectivity index (χ4n) is 9.68. The summed E-state index contributed by atoms with van der Waals surface area (Å²) in [6.45, 7) is -0.275. The molecule has 0 radical (unpaired) electrons. The van der Waals surface area contributed by atoms with Crippen LogP contribution in [0.25, 0.3) is 67.0 Å². The van der Waals surface area contributed by atoms with Gasteiger partial charge in [0.15, 0.2) is 54.4 Å². The van der Waals surface area contributed by atoms with Crippen molar-refractivity contribution in [1.82, 2.24) is 110 Å². The highest BCUT2D eigenvalue weighted by molar-refractivity contribution is 7.14. The summed E-state index contributed by atoms with van der Waals surface area (Å²) in [5, 5.41) is 37.8. The molecule has 14 rings (SSSR count). The number of aromatic nitrogens is 22. The minimum atomic E-state index is -4.51. The van der Waals surface area contributed by atoms with Crippen LogP contribution in [0.1, 0.15) is 57.9 Å². The Morgan fingerprint density at radius 3 is 1.19 bits per heavy atom. The van der Waals surface area contributed by atoms with Gasteiger partial charge < -0.3 is 37.3 Å². The van der Waals surface area contributed by atoms with Gasteiger partial charge in [0.2, 0.25) is 0 Å². The molecule has 0 unspecified atom stereocenters. The molecule has 0 atom stereocenters. The van der Waals surface area contributed by atoms with Crippen molar-refractivity contribution in [3.63, 3.8) is 0 Å². The molecule has 13 aromatic heterocycles. The maximum atomic E-state index is 12.3. The van der Waals surface area contributed by atoms with Crippen LogP contribution in [0.15, 0.2) is 198 Å². The van der Waals surface area contributed by atoms with Gasteiger partial charge in [0.25, 0.3) is 22.2 Å². The number of ether oxygens (including phenoxy) is 5. The number of esters is 1. The first kappa shape index (κ1) is 86.1. The van der Waals surface area contributed by atoms with Crippen molar-refractivity contribution < 1.29 is 94.7 Å². The van der Waals surface area contributed by atoms with Crippen LogP contribution in [0.4, 0.5) is 52.7 Å². The van der Waals surface area contributed by atoms with Crippen molar-refractivity contribution in [2.24, 2.45) is 0 Å². The fourth-order valence-corrected chi connectivity index (χ4v) is 10.5. The van der Waals surface area contributed by atoms with E-state index in [0.29, 0.717) is 78.7 Å². The first-order chi connectivity index (χ1) is 57.3. The number of benzene rings is 1. The van der Waals surface area contributed by atoms with Gasteiger partial charge in [-0.2, -0.15) is 73.1 Å². The van der Waals surface area contributed by atoms with E-state index >= 15 is 0 Å². The topological polar surface area (TPSA) is 423 Å². The second-order valence-corrected chi connectivity index (χ2v) is 25.3. The Bertz CT molecular complexity index is 6000. The predicted molar refractivity (Wildman–Crippen MR) is 389 cm³/mol. The molecule has 1 aromatic carbocycles. The van der Waals surface area contributed by atoms with Crippen LogP contribution in [-0.4, -0.2) is 173 Å². The van der Waals surface area contributed by atoms with Gasteiger partial charge in [0, 0.05) is 126 Å². The molecule has 0 aliphatic rings. The molecular weight excluding hydrogens is 1640 g/mol. The molecule has 0 aliphatic heterocycles. The lowest BCUT2D eigenvalue weighted by Crippen LogP contribution is -2.23. The van der Waals surface area contributed by atoms with Crippen LogP contribution in [0.3, 0.4) is 0 Å². The lowest BCUT2D eigenvalue weighted by Gasteiger charge is -2.08. The number of halogens is 12. The van der Waals surface area contributed by atoms with Gasteiger partial charge in [0.05, 0.1) is 41.6 Å². The standard InChI is InChI=1S/C21H16F3N5O3.C18H12F3N7O2S.C17H14F3N5O5.C16H14F3N5O3/c1-13-17(32-28-19(13)14-5-3-2-4-6-14)11-29-18(30)8-7-16(27-29)15-9-25-20(26-10-15)31-12-21(22,23)24;19-18(20,21)10-30-17-23-7-11(8-24-17)12-4-5-15(29)28(27-12)9-14-25-26-16(31-14)13-3-1-2-6-22-13;1-2-28-15(27)13-5-11(30-24-13)8-25-14(26)4-3-12(23-25)10-6-21-16(22-7-10)29-9-17(18,19)20;1-2-11-5-12(27-23-11)8-24-14(25)4-3-13(22-24)10-6-20-15(21-7-10)26-9-16(17,18)19/h2-10H,11-12H2,1H3;1-8H,9-10H2;3-7H,2,8-9H2,1H3;3-7H,2,8-9H2,1H3. The van der Waals surface area contributed by atoms with Crippen molar-refractivity contribution >= 4 is 17.3 Å². The molecule has 0 N–H and O–H groups in total. The maximum absolute atomic E-state index is 12.3. The Morgan fingerprint density at radius 2 is 0.808 bits per heavy atom. The summed E-state index contributed by atoms with van der Waals surface area (Å²) in [7, 11) is 0. The molecule has 14 aromatic rings. The van der Waals surface area contributed by atoms with E-state index in [2.05, 4.69) is 110 Å². The van der Waals surface area contributed by atoms with Gasteiger partial charge >= 0.3 is 54.7 Å². The number of aryl methyl sites for hydroxylation is 1. The van der Waals surface area contributed by atoms with E-state index < -0.39 is 86.7 Å². The van der Waals surface area contributed by atoms with E-state index in [1.807, 2.05) is 50.2 Å². The summed E-state index contributed by atoms with van der Waals surface area (Å²) in [4.78, 5) is 94.2. The third-order valence-corrected chi connectivity index (χ3v) is 16.2. The smallest absolute Gasteiger partial charge is 0.422 e. The van der Waals surface area contributed by atoms with Gasteiger partial charge in [-0.15, -0.1) is 10.2 Å². The zero-order valence-corrected chi connectivity index (χ0v) is 62.6. The highest BCUT2D eigenvalue weighted by Gasteiger charge is 2.32. The highest BCUT2D eigenvalue weighted by atomic mass is 32.1. The first-order valence-electron chi connectivity index (χ1n) is 34.5. The Hall–Kier alpha value is -14.8. The van der Waals surface area contributed by atoms with Crippen molar-refractivity contribution in [1.29, 1.82) is 0 Å². The summed E-state index contributed by atoms with van der Waals surface area (Å²) in [5.74, 6) is 0.483. The number of carbonyl (C=O) groups excluding carboxylic acids is 1. The summed E-state index contributed by atoms with van der Waals surface area (Å²) < 4.78 is 189. The lowest BCUT2D eigenvalue weighted by atomic mass is 10.1. The zero-order chi connectivity index (χ0) is 85.7. The van der Waals surface area contributed by atoms with Crippen LogP contribution < -0.4 is 41.2 Å². The van der Waals surface area contributed by atoms with Crippen molar-refractivity contribution in [3.8, 4) is 91.0 Å². The number of hydrogen-bond donors (Lipinski definition) is 0. The number of alkyl halides is 12. The SMILES string of the molecule is CCOC(=O)c1cc(Cn2nc(-c3cnc(OCC(F)(F)F)nc3)ccc2=O)on1.CCc1cc(Cn2nc(-c3cnc(OCC(F)(F)F)nc3)ccc2=O)on1.Cc1c(-c2ccccc2)noc1Cn1nc(-c2cnc(OCC(F)(F)F)nc2)ccc1=O.O=c1ccc(-c2cnc(OCC(F)(F)F)nc2)nn1Cc1nnc(-c2ccccn2)s1. The summed E-state index contributed by atoms with van der Waals surface area (Å²) >= 11 is 1.28. The first-order valence-corrected chi connectivity index (χ1v) is 35.3. The number of pyridine rings is 1. The molecule has 35 nitrogen and oxygen atoms in total. The van der Waals surface area contributed by atoms with E-state index in [4.69, 9.17) is 18.3 Å². The predicted octanol–water partition coefficient (Wildman–Crippen LogP) is 10.4. The van der Waals surface area contributed by atoms with Crippen molar-refractivity contribution in [2.75, 3.05) is 33.0 Å². The lowest BCUT2D eigenvalue weighted by molar-refractivity contribution is -0.155. The van der Waals surface area contributed by atoms with E-state index in [9.17, 15) is 76.7 Å². The summed E-state index contributed by atoms with van der Waals surface area (Å²) in [6, 6.07) is 27.3. The normalized spacial score (nSPS) is 11.5. The Kier molecular flexibility index (Phi) is 27.8. The van der Waals surface area contributed by atoms with Gasteiger partial charge in [-0.3, -0.25) is 24.2 Å². The van der Waals surface area contributed by atoms with Gasteiger partial charge in [-0.25, -0.2) is 63.4 Å². The quantitative estimate of drug-likeness (QED) is 0.0379. The molecule has 0 bridgehead atoms. The van der Waals surface area contributed by atoms with Gasteiger partial charge in [0.1, 0.15) is 36.0 Å². The van der Waals surface area contributed by atoms with E-state index in [1.54, 1.807) is 31.3 Å². The Balaban J connectivity index is 0.000000157. The molecule has 0 aliphatic carbocycles. The Morgan fingerprint density at radius 1 is 0.417 bits per heavy atom. The van der Waals surface area contributed by atoms with E-state index in [1.165, 1.54) is 130 Å². The van der Waals surface area contributed by atoms with Crippen LogP contribution in [0, 0.1) is 6.92 Å². The van der Waals surface area contributed by atoms with Crippen LogP contribution in [-0.2, 0) is 37.3 Å². The zero-order valence-electron chi connectivity index (χ0n) is 61.7. The van der Waals surface area contributed by atoms with E-state index in [-0.39, 0.29) is 66.6 Å². The van der Waals surface area contributed by atoms with Crippen LogP contribution in [0.2, 0.25) is 0 Å². The fraction of sp³-hybridized carbons (Fsp3) is 0.236. The van der Waals surface area contributed by atoms with Crippen LogP contribution in [0.5, 0.6) is 24.0 Å². The summed E-state index contributed by atoms with van der Waals surface area (Å²) in [5.41, 5.74) is 5.12. The number of hydrogen-bond acceptors (Lipinski definition) is 32. The third kappa shape index (κ3) is 25.4. The minimum Gasteiger partial charge on any atom is -0.461 e. The van der Waals surface area contributed by atoms with E-state index in [0.717, 1.165) is 21.5 Å². The Labute approximate surface area is 667 Å². The molecular formula is C72H56F12N22O13S. The molecule has 0 spiro atoms. The van der Waals surface area contributed by atoms with Gasteiger partial charge in [-0.1, -0.05) is 70.1 Å². The molecule has 622 valence electrons. The second kappa shape index (κ2) is 38.8. The molecule has 0 saturated heterocycles. The second-order valence-electron chi connectivity index (χ2n) is 24.2. The average Bonchev–Trinajstić information content (AvgIpc) is 1.55. The molecule has 48 heteroatoms. The number of carbonyl (C=O) groups is 1. The average molecular weight is 1700 g/mol. The number of nitrogens with zero attached hydrogens (tertiary/aromatic N) is 22. The molecule has 0 amide bonds. The summed E-state index contributed by atoms with van der Waals surface area (Å²) in [6.07, 6.45) is -5.60. The maximum Gasteiger partial charge on any atom is 0.422 e. The minimum absolute atomic E-state index is 0.0427. The largest absolute Gasteiger partial charge is 0.461 e. The molecule has 0 fully saturated rings. The van der Waals surface area contributed by atoms with Gasteiger partial charge in [-0.05, 0) is 56.7 Å². The molecule has 13 heterocycles. The third-order valence-electron chi connectivity index (χ3n) is 15.2. The monoisotopic (exact) mass is 1700 g/mol. The molecule has 120 heavy (non-hydrogen) atoms. The van der Waals surface area contributed by atoms with Crippen LogP contribution >= 0.6 is 11.3 Å². The highest BCUT2D eigenvalue weighted by Crippen LogP contribution is 2.28. The van der Waals surface area contributed by atoms with Crippen molar-refractivity contribution in [3.05, 3.63) is 246 Å². The molecule has 0 saturated carbocycles.